The number of hydrogen-bond acceptors (Lipinski definition) is 3. The summed E-state index contributed by atoms with van der Waals surface area (Å²) in [4.78, 5) is 0. The van der Waals surface area contributed by atoms with Crippen molar-refractivity contribution in [3.63, 3.8) is 0 Å². The van der Waals surface area contributed by atoms with Gasteiger partial charge in [0.15, 0.2) is 0 Å². The average molecular weight is 206 g/mol. The zero-order valence-electron chi connectivity index (χ0n) is 4.84. The number of hydrogen-bond donors (Lipinski definition) is 2. The van der Waals surface area contributed by atoms with Gasteiger partial charge in [0.2, 0.25) is 0 Å². The zero-order valence-corrected chi connectivity index (χ0v) is 6.47. The molecule has 0 amide bonds. The first-order chi connectivity index (χ1) is 4.50. The predicted molar refractivity (Wildman–Crippen MR) is 45.6 cm³/mol. The maximum Gasteiger partial charge on any atom is -0.00934 e. The van der Waals surface area contributed by atoms with E-state index in [0.717, 1.165) is 0 Å². The van der Waals surface area contributed by atoms with Crippen LogP contribution in [0.5, 0.6) is 0 Å². The standard InChI is InChI=1S/C4H4S.Na.H2O4S.H/c1-2-4-5-3-1;;1-5(2,3)4;/h1-4H;;(H2,1,2,3,4);. The van der Waals surface area contributed by atoms with Gasteiger partial charge in [-0.15, -0.1) is 0 Å². The van der Waals surface area contributed by atoms with Crippen molar-refractivity contribution < 1.29 is 17.5 Å². The third kappa shape index (κ3) is 25.0. The molecule has 1 heterocycles. The summed E-state index contributed by atoms with van der Waals surface area (Å²) in [5, 5.41) is 4.08. The van der Waals surface area contributed by atoms with Crippen LogP contribution < -0.4 is 0 Å². The smallest absolute Gasteiger partial charge is 0.00934 e. The first kappa shape index (κ1) is 14.1. The van der Waals surface area contributed by atoms with E-state index in [0.29, 0.717) is 0 Å². The molecule has 11 heavy (non-hydrogen) atoms. The Morgan fingerprint density at radius 3 is 1.45 bits per heavy atom. The summed E-state index contributed by atoms with van der Waals surface area (Å²) in [6.07, 6.45) is 0. The molecule has 0 radical (unpaired) electrons. The molecule has 0 aliphatic carbocycles. The van der Waals surface area contributed by atoms with Crippen LogP contribution in [0.25, 0.3) is 0 Å². The molecule has 0 aromatic carbocycles. The molecule has 1 rings (SSSR count). The van der Waals surface area contributed by atoms with Gasteiger partial charge in [0.25, 0.3) is 0 Å². The Kier molecular flexibility index (Phi) is 9.28. The minimum atomic E-state index is -4.67. The van der Waals surface area contributed by atoms with Gasteiger partial charge in [-0.2, -0.15) is 19.8 Å². The Hall–Kier alpha value is 0.570. The molecular weight excluding hydrogens is 199 g/mol. The summed E-state index contributed by atoms with van der Waals surface area (Å²) < 4.78 is 31.6. The molecular formula is C4H7NaO4S2. The summed E-state index contributed by atoms with van der Waals surface area (Å²) in [5.41, 5.74) is 0. The van der Waals surface area contributed by atoms with E-state index in [4.69, 9.17) is 17.5 Å². The number of thiophene rings is 1. The first-order valence-corrected chi connectivity index (χ1v) is 4.51. The molecule has 0 aliphatic heterocycles. The largest absolute Gasteiger partial charge is 0.152 e. The molecule has 7 heteroatoms. The molecule has 1 aromatic heterocycles. The van der Waals surface area contributed by atoms with Crippen molar-refractivity contribution >= 4 is 51.3 Å². The molecule has 1 aromatic rings. The van der Waals surface area contributed by atoms with E-state index in [1.165, 1.54) is 0 Å². The minimum Gasteiger partial charge on any atom is -0.152 e. The van der Waals surface area contributed by atoms with E-state index < -0.39 is 10.4 Å². The molecule has 0 bridgehead atoms. The second kappa shape index (κ2) is 7.23. The molecule has 0 fully saturated rings. The zero-order chi connectivity index (χ0) is 8.04. The summed E-state index contributed by atoms with van der Waals surface area (Å²) in [6.45, 7) is 0. The van der Waals surface area contributed by atoms with Crippen LogP contribution in [0.15, 0.2) is 22.9 Å². The van der Waals surface area contributed by atoms with Gasteiger partial charge in [0.1, 0.15) is 0 Å². The molecule has 0 atom stereocenters. The van der Waals surface area contributed by atoms with Gasteiger partial charge in [0.05, 0.1) is 0 Å². The fourth-order valence-electron chi connectivity index (χ4n) is 0.227. The van der Waals surface area contributed by atoms with Gasteiger partial charge in [0, 0.05) is 0 Å². The molecule has 0 saturated heterocycles. The van der Waals surface area contributed by atoms with E-state index in [2.05, 4.69) is 0 Å². The first-order valence-electron chi connectivity index (χ1n) is 2.17. The molecule has 2 N–H and O–H groups in total. The molecule has 0 aliphatic rings. The summed E-state index contributed by atoms with van der Waals surface area (Å²) >= 11 is 1.71. The Morgan fingerprint density at radius 2 is 1.36 bits per heavy atom. The van der Waals surface area contributed by atoms with Crippen molar-refractivity contribution in [1.29, 1.82) is 0 Å². The molecule has 60 valence electrons. The summed E-state index contributed by atoms with van der Waals surface area (Å²) in [5.74, 6) is 0. The van der Waals surface area contributed by atoms with Gasteiger partial charge in [-0.05, 0) is 10.8 Å². The molecule has 4 nitrogen and oxygen atoms in total. The van der Waals surface area contributed by atoms with Crippen LogP contribution in [-0.2, 0) is 10.4 Å². The quantitative estimate of drug-likeness (QED) is 0.477. The second-order valence-electron chi connectivity index (χ2n) is 1.24. The van der Waals surface area contributed by atoms with E-state index >= 15 is 0 Å². The molecule has 0 unspecified atom stereocenters. The maximum atomic E-state index is 8.74. The Morgan fingerprint density at radius 1 is 1.09 bits per heavy atom. The second-order valence-corrected chi connectivity index (χ2v) is 2.95. The average Bonchev–Trinajstić information content (AvgIpc) is 2.07. The van der Waals surface area contributed by atoms with Crippen LogP contribution in [0, 0.1) is 0 Å². The van der Waals surface area contributed by atoms with Gasteiger partial charge >= 0.3 is 40.0 Å². The maximum absolute atomic E-state index is 8.74. The number of rotatable bonds is 0. The van der Waals surface area contributed by atoms with Crippen LogP contribution in [0.4, 0.5) is 0 Å². The van der Waals surface area contributed by atoms with Crippen LogP contribution in [-0.4, -0.2) is 47.1 Å². The third-order valence-corrected chi connectivity index (χ3v) is 1.05. The van der Waals surface area contributed by atoms with Gasteiger partial charge in [-0.25, -0.2) is 0 Å². The van der Waals surface area contributed by atoms with Gasteiger partial charge < -0.3 is 0 Å². The van der Waals surface area contributed by atoms with Crippen molar-refractivity contribution in [1.82, 2.24) is 0 Å². The van der Waals surface area contributed by atoms with Crippen molar-refractivity contribution in [3.05, 3.63) is 22.9 Å². The Balaban J connectivity index is 0. The Labute approximate surface area is 91.1 Å². The topological polar surface area (TPSA) is 74.6 Å². The monoisotopic (exact) mass is 206 g/mol. The normalized spacial score (nSPS) is 8.91. The van der Waals surface area contributed by atoms with Crippen LogP contribution in [0.1, 0.15) is 0 Å². The van der Waals surface area contributed by atoms with Gasteiger partial charge in [-0.3, -0.25) is 9.11 Å². The summed E-state index contributed by atoms with van der Waals surface area (Å²) in [6, 6.07) is 4.04. The third-order valence-electron chi connectivity index (χ3n) is 0.425. The summed E-state index contributed by atoms with van der Waals surface area (Å²) in [7, 11) is -4.67. The van der Waals surface area contributed by atoms with E-state index in [1.54, 1.807) is 11.3 Å². The predicted octanol–water partition coefficient (Wildman–Crippen LogP) is 0.447. The Bertz CT molecular complexity index is 216. The van der Waals surface area contributed by atoms with Crippen LogP contribution >= 0.6 is 11.3 Å². The van der Waals surface area contributed by atoms with E-state index in [1.807, 2.05) is 22.9 Å². The van der Waals surface area contributed by atoms with E-state index in [-0.39, 0.29) is 29.6 Å². The SMILES string of the molecule is O=S(=O)(O)O.[NaH].c1ccsc1. The molecule has 0 saturated carbocycles. The van der Waals surface area contributed by atoms with Crippen LogP contribution in [0.2, 0.25) is 0 Å². The van der Waals surface area contributed by atoms with Crippen molar-refractivity contribution in [2.24, 2.45) is 0 Å². The van der Waals surface area contributed by atoms with Crippen molar-refractivity contribution in [2.75, 3.05) is 0 Å². The molecule has 0 spiro atoms. The minimum absolute atomic E-state index is 0. The van der Waals surface area contributed by atoms with Crippen molar-refractivity contribution in [2.45, 2.75) is 0 Å². The fourth-order valence-corrected chi connectivity index (χ4v) is 0.680. The fraction of sp³-hybridized carbons (Fsp3) is 0. The van der Waals surface area contributed by atoms with Gasteiger partial charge in [-0.1, -0.05) is 12.1 Å². The van der Waals surface area contributed by atoms with Crippen molar-refractivity contribution in [3.8, 4) is 0 Å². The van der Waals surface area contributed by atoms with E-state index in [9.17, 15) is 0 Å². The van der Waals surface area contributed by atoms with Crippen LogP contribution in [0.3, 0.4) is 0 Å².